The van der Waals surface area contributed by atoms with Gasteiger partial charge in [0.2, 0.25) is 0 Å². The van der Waals surface area contributed by atoms with Crippen LogP contribution in [0.15, 0.2) is 29.2 Å². The number of carbonyl (C=O) groups is 1. The SMILES string of the molecule is CCSc1ccc(C2CN(C#N)C(=O)N2)cc1. The van der Waals surface area contributed by atoms with Crippen molar-refractivity contribution in [3.63, 3.8) is 0 Å². The molecule has 1 heterocycles. The van der Waals surface area contributed by atoms with Gasteiger partial charge in [-0.1, -0.05) is 19.1 Å². The number of benzene rings is 1. The molecule has 1 aliphatic rings. The highest BCUT2D eigenvalue weighted by atomic mass is 32.2. The second-order valence-electron chi connectivity index (χ2n) is 3.71. The fourth-order valence-corrected chi connectivity index (χ4v) is 2.44. The number of rotatable bonds is 3. The van der Waals surface area contributed by atoms with Crippen molar-refractivity contribution in [3.05, 3.63) is 29.8 Å². The molecule has 5 heteroatoms. The van der Waals surface area contributed by atoms with E-state index in [-0.39, 0.29) is 12.1 Å². The molecule has 1 fully saturated rings. The number of amides is 2. The predicted molar refractivity (Wildman–Crippen MR) is 66.4 cm³/mol. The molecule has 1 aromatic rings. The second kappa shape index (κ2) is 5.11. The van der Waals surface area contributed by atoms with E-state index in [1.807, 2.05) is 30.5 Å². The molecular weight excluding hydrogens is 234 g/mol. The van der Waals surface area contributed by atoms with Gasteiger partial charge in [0.05, 0.1) is 12.6 Å². The summed E-state index contributed by atoms with van der Waals surface area (Å²) < 4.78 is 0. The highest BCUT2D eigenvalue weighted by Crippen LogP contribution is 2.23. The topological polar surface area (TPSA) is 56.1 Å². The average molecular weight is 247 g/mol. The molecule has 2 amide bonds. The highest BCUT2D eigenvalue weighted by Gasteiger charge is 2.29. The Labute approximate surface area is 105 Å². The van der Waals surface area contributed by atoms with Crippen LogP contribution in [0, 0.1) is 11.5 Å². The molecule has 1 unspecified atom stereocenters. The minimum Gasteiger partial charge on any atom is -0.328 e. The third-order valence-corrected chi connectivity index (χ3v) is 3.52. The van der Waals surface area contributed by atoms with Crippen LogP contribution < -0.4 is 5.32 Å². The van der Waals surface area contributed by atoms with Crippen molar-refractivity contribution in [1.29, 1.82) is 5.26 Å². The van der Waals surface area contributed by atoms with Gasteiger partial charge in [-0.05, 0) is 23.4 Å². The summed E-state index contributed by atoms with van der Waals surface area (Å²) in [5, 5.41) is 11.5. The third kappa shape index (κ3) is 2.53. The molecular formula is C12H13N3OS. The summed E-state index contributed by atoms with van der Waals surface area (Å²) in [7, 11) is 0. The maximum atomic E-state index is 11.3. The summed E-state index contributed by atoms with van der Waals surface area (Å²) in [6, 6.07) is 7.70. The van der Waals surface area contributed by atoms with E-state index in [4.69, 9.17) is 5.26 Å². The fraction of sp³-hybridized carbons (Fsp3) is 0.333. The Kier molecular flexibility index (Phi) is 3.55. The van der Waals surface area contributed by atoms with Crippen LogP contribution in [0.3, 0.4) is 0 Å². The van der Waals surface area contributed by atoms with Crippen molar-refractivity contribution in [3.8, 4) is 6.19 Å². The molecule has 1 N–H and O–H groups in total. The van der Waals surface area contributed by atoms with Crippen molar-refractivity contribution in [2.24, 2.45) is 0 Å². The van der Waals surface area contributed by atoms with E-state index in [0.29, 0.717) is 6.54 Å². The minimum absolute atomic E-state index is 0.0807. The molecule has 1 saturated heterocycles. The van der Waals surface area contributed by atoms with Crippen LogP contribution in [0.25, 0.3) is 0 Å². The van der Waals surface area contributed by atoms with Gasteiger partial charge in [0.1, 0.15) is 0 Å². The van der Waals surface area contributed by atoms with Gasteiger partial charge in [-0.3, -0.25) is 0 Å². The Hall–Kier alpha value is -1.67. The first-order chi connectivity index (χ1) is 8.24. The number of hydrogen-bond acceptors (Lipinski definition) is 3. The lowest BCUT2D eigenvalue weighted by molar-refractivity contribution is 0.232. The van der Waals surface area contributed by atoms with Crippen molar-refractivity contribution < 1.29 is 4.79 Å². The zero-order chi connectivity index (χ0) is 12.3. The summed E-state index contributed by atoms with van der Waals surface area (Å²) >= 11 is 1.78. The molecule has 0 aromatic heterocycles. The van der Waals surface area contributed by atoms with Crippen LogP contribution in [0.4, 0.5) is 4.79 Å². The van der Waals surface area contributed by atoms with Gasteiger partial charge in [0.15, 0.2) is 6.19 Å². The normalized spacial score (nSPS) is 18.9. The zero-order valence-corrected chi connectivity index (χ0v) is 10.3. The van der Waals surface area contributed by atoms with Gasteiger partial charge in [-0.15, -0.1) is 11.8 Å². The number of carbonyl (C=O) groups excluding carboxylic acids is 1. The molecule has 0 bridgehead atoms. The number of thioether (sulfide) groups is 1. The van der Waals surface area contributed by atoms with E-state index in [0.717, 1.165) is 16.2 Å². The average Bonchev–Trinajstić information content (AvgIpc) is 2.72. The molecule has 0 saturated carbocycles. The van der Waals surface area contributed by atoms with Gasteiger partial charge < -0.3 is 5.32 Å². The van der Waals surface area contributed by atoms with Crippen LogP contribution in [0.5, 0.6) is 0 Å². The standard InChI is InChI=1S/C12H13N3OS/c1-2-17-10-5-3-9(4-6-10)11-7-15(8-13)12(16)14-11/h3-6,11H,2,7H2,1H3,(H,14,16). The van der Waals surface area contributed by atoms with Crippen LogP contribution in [0.2, 0.25) is 0 Å². The van der Waals surface area contributed by atoms with Gasteiger partial charge in [-0.2, -0.15) is 5.26 Å². The Bertz CT molecular complexity index is 452. The molecule has 1 aliphatic heterocycles. The van der Waals surface area contributed by atoms with E-state index in [9.17, 15) is 4.79 Å². The molecule has 0 radical (unpaired) electrons. The quantitative estimate of drug-likeness (QED) is 0.659. The first-order valence-corrected chi connectivity index (χ1v) is 6.43. The van der Waals surface area contributed by atoms with Crippen LogP contribution >= 0.6 is 11.8 Å². The fourth-order valence-electron chi connectivity index (χ4n) is 1.78. The van der Waals surface area contributed by atoms with Gasteiger partial charge in [0.25, 0.3) is 0 Å². The molecule has 88 valence electrons. The monoisotopic (exact) mass is 247 g/mol. The Morgan fingerprint density at radius 1 is 1.53 bits per heavy atom. The lowest BCUT2D eigenvalue weighted by Gasteiger charge is -2.09. The van der Waals surface area contributed by atoms with Crippen LogP contribution in [0.1, 0.15) is 18.5 Å². The van der Waals surface area contributed by atoms with E-state index in [1.165, 1.54) is 4.90 Å². The van der Waals surface area contributed by atoms with Crippen molar-refractivity contribution in [1.82, 2.24) is 10.2 Å². The molecule has 2 rings (SSSR count). The zero-order valence-electron chi connectivity index (χ0n) is 9.51. The minimum atomic E-state index is -0.315. The Morgan fingerprint density at radius 2 is 2.24 bits per heavy atom. The lowest BCUT2D eigenvalue weighted by atomic mass is 10.1. The Morgan fingerprint density at radius 3 is 2.76 bits per heavy atom. The van der Waals surface area contributed by atoms with E-state index >= 15 is 0 Å². The van der Waals surface area contributed by atoms with Crippen molar-refractivity contribution >= 4 is 17.8 Å². The number of hydrogen-bond donors (Lipinski definition) is 1. The molecule has 1 atom stereocenters. The van der Waals surface area contributed by atoms with Crippen molar-refractivity contribution in [2.75, 3.05) is 12.3 Å². The maximum absolute atomic E-state index is 11.3. The van der Waals surface area contributed by atoms with E-state index < -0.39 is 0 Å². The lowest BCUT2D eigenvalue weighted by Crippen LogP contribution is -2.23. The molecule has 4 nitrogen and oxygen atoms in total. The first kappa shape index (κ1) is 11.8. The van der Waals surface area contributed by atoms with E-state index in [2.05, 4.69) is 12.2 Å². The van der Waals surface area contributed by atoms with Gasteiger partial charge in [-0.25, -0.2) is 9.69 Å². The molecule has 0 aliphatic carbocycles. The van der Waals surface area contributed by atoms with E-state index in [1.54, 1.807) is 11.8 Å². The number of nitrogens with zero attached hydrogens (tertiary/aromatic N) is 2. The van der Waals surface area contributed by atoms with Crippen molar-refractivity contribution in [2.45, 2.75) is 17.9 Å². The summed E-state index contributed by atoms with van der Waals surface area (Å²) in [6.07, 6.45) is 1.86. The summed E-state index contributed by atoms with van der Waals surface area (Å²) in [4.78, 5) is 13.7. The summed E-state index contributed by atoms with van der Waals surface area (Å²) in [6.45, 7) is 2.52. The third-order valence-electron chi connectivity index (χ3n) is 2.62. The Balaban J connectivity index is 2.09. The number of nitriles is 1. The molecule has 17 heavy (non-hydrogen) atoms. The predicted octanol–water partition coefficient (Wildman–Crippen LogP) is 2.35. The highest BCUT2D eigenvalue weighted by molar-refractivity contribution is 7.99. The van der Waals surface area contributed by atoms with Crippen LogP contribution in [-0.4, -0.2) is 23.2 Å². The largest absolute Gasteiger partial charge is 0.331 e. The van der Waals surface area contributed by atoms with Gasteiger partial charge >= 0.3 is 6.03 Å². The second-order valence-corrected chi connectivity index (χ2v) is 5.05. The first-order valence-electron chi connectivity index (χ1n) is 5.45. The smallest absolute Gasteiger partial charge is 0.328 e. The van der Waals surface area contributed by atoms with Crippen LogP contribution in [-0.2, 0) is 0 Å². The summed E-state index contributed by atoms with van der Waals surface area (Å²) in [5.74, 6) is 1.04. The number of urea groups is 1. The molecule has 0 spiro atoms. The van der Waals surface area contributed by atoms with Gasteiger partial charge in [0, 0.05) is 4.90 Å². The number of nitrogens with one attached hydrogen (secondary N) is 1. The maximum Gasteiger partial charge on any atom is 0.331 e. The molecule has 1 aromatic carbocycles. The summed E-state index contributed by atoms with van der Waals surface area (Å²) in [5.41, 5.74) is 1.04.